The number of nitrogens with one attached hydrogen (secondary N) is 1. The number of amides is 1. The molecule has 0 spiro atoms. The molecule has 0 aromatic carbocycles. The van der Waals surface area contributed by atoms with Gasteiger partial charge >= 0.3 is 12.1 Å². The summed E-state index contributed by atoms with van der Waals surface area (Å²) in [5.41, 5.74) is -0.608. The molecular formula is C10H17NO5. The van der Waals surface area contributed by atoms with Crippen LogP contribution in [0.2, 0.25) is 0 Å². The minimum atomic E-state index is -0.730. The van der Waals surface area contributed by atoms with Crippen molar-refractivity contribution >= 4 is 12.1 Å². The average molecular weight is 231 g/mol. The van der Waals surface area contributed by atoms with Gasteiger partial charge in [0.05, 0.1) is 6.61 Å². The molecule has 1 aliphatic heterocycles. The van der Waals surface area contributed by atoms with Crippen molar-refractivity contribution in [3.05, 3.63) is 0 Å². The van der Waals surface area contributed by atoms with Crippen LogP contribution < -0.4 is 5.32 Å². The van der Waals surface area contributed by atoms with Gasteiger partial charge in [-0.05, 0) is 20.8 Å². The number of hydrogen-bond acceptors (Lipinski definition) is 5. The van der Waals surface area contributed by atoms with Crippen LogP contribution in [-0.2, 0) is 14.3 Å². The second kappa shape index (κ2) is 4.69. The zero-order valence-corrected chi connectivity index (χ0v) is 9.65. The number of carbonyl (C=O) groups is 2. The molecule has 1 amide bonds. The van der Waals surface area contributed by atoms with Crippen molar-refractivity contribution in [2.45, 2.75) is 44.9 Å². The molecule has 2 atom stereocenters. The van der Waals surface area contributed by atoms with Crippen LogP contribution in [0.4, 0.5) is 4.79 Å². The first-order valence-electron chi connectivity index (χ1n) is 5.12. The van der Waals surface area contributed by atoms with Crippen LogP contribution in [0.25, 0.3) is 0 Å². The van der Waals surface area contributed by atoms with Gasteiger partial charge in [0, 0.05) is 6.42 Å². The highest BCUT2D eigenvalue weighted by molar-refractivity contribution is 5.83. The fourth-order valence-corrected chi connectivity index (χ4v) is 1.33. The summed E-state index contributed by atoms with van der Waals surface area (Å²) in [4.78, 5) is 22.6. The van der Waals surface area contributed by atoms with E-state index in [1.165, 1.54) is 0 Å². The average Bonchev–Trinajstić information content (AvgIpc) is 2.44. The van der Waals surface area contributed by atoms with Crippen LogP contribution >= 0.6 is 0 Å². The summed E-state index contributed by atoms with van der Waals surface area (Å²) < 4.78 is 9.79. The molecule has 2 N–H and O–H groups in total. The Morgan fingerprint density at radius 1 is 1.62 bits per heavy atom. The van der Waals surface area contributed by atoms with E-state index in [4.69, 9.17) is 14.6 Å². The second-order valence-corrected chi connectivity index (χ2v) is 4.68. The first kappa shape index (κ1) is 12.8. The lowest BCUT2D eigenvalue weighted by Crippen LogP contribution is -2.41. The number of ether oxygens (including phenoxy) is 2. The van der Waals surface area contributed by atoms with Gasteiger partial charge in [-0.3, -0.25) is 0 Å². The van der Waals surface area contributed by atoms with Crippen LogP contribution in [-0.4, -0.2) is 41.5 Å². The quantitative estimate of drug-likeness (QED) is 0.662. The molecule has 16 heavy (non-hydrogen) atoms. The smallest absolute Gasteiger partial charge is 0.408 e. The number of rotatable bonds is 2. The van der Waals surface area contributed by atoms with Crippen molar-refractivity contribution in [2.75, 3.05) is 6.61 Å². The maximum absolute atomic E-state index is 11.4. The zero-order chi connectivity index (χ0) is 12.3. The SMILES string of the molecule is CC(C)(C)OC(=O)N[C@H]1C[C@@H](CO)OC1=O. The van der Waals surface area contributed by atoms with Gasteiger partial charge in [-0.2, -0.15) is 0 Å². The fraction of sp³-hybridized carbons (Fsp3) is 0.800. The summed E-state index contributed by atoms with van der Waals surface area (Å²) in [6.45, 7) is 4.96. The third kappa shape index (κ3) is 3.69. The molecule has 1 rings (SSSR count). The van der Waals surface area contributed by atoms with Crippen LogP contribution in [0.15, 0.2) is 0 Å². The Morgan fingerprint density at radius 3 is 2.69 bits per heavy atom. The van der Waals surface area contributed by atoms with E-state index in [-0.39, 0.29) is 13.0 Å². The summed E-state index contributed by atoms with van der Waals surface area (Å²) in [6.07, 6.45) is -0.922. The fourth-order valence-electron chi connectivity index (χ4n) is 1.33. The van der Waals surface area contributed by atoms with Crippen molar-refractivity contribution < 1.29 is 24.2 Å². The molecule has 0 unspecified atom stereocenters. The Labute approximate surface area is 93.9 Å². The molecule has 6 heteroatoms. The first-order valence-corrected chi connectivity index (χ1v) is 5.12. The van der Waals surface area contributed by atoms with Gasteiger partial charge in [0.1, 0.15) is 17.7 Å². The molecule has 0 bridgehead atoms. The summed E-state index contributed by atoms with van der Waals surface area (Å²) in [6, 6.07) is -0.730. The highest BCUT2D eigenvalue weighted by Gasteiger charge is 2.35. The van der Waals surface area contributed by atoms with E-state index in [0.717, 1.165) is 0 Å². The topological polar surface area (TPSA) is 84.9 Å². The van der Waals surface area contributed by atoms with Crippen molar-refractivity contribution in [3.8, 4) is 0 Å². The van der Waals surface area contributed by atoms with Crippen LogP contribution in [0.5, 0.6) is 0 Å². The molecule has 1 aliphatic rings. The molecular weight excluding hydrogens is 214 g/mol. The third-order valence-corrected chi connectivity index (χ3v) is 1.96. The van der Waals surface area contributed by atoms with Crippen LogP contribution in [0.1, 0.15) is 27.2 Å². The Morgan fingerprint density at radius 2 is 2.25 bits per heavy atom. The lowest BCUT2D eigenvalue weighted by molar-refractivity contribution is -0.144. The van der Waals surface area contributed by atoms with E-state index in [1.54, 1.807) is 20.8 Å². The maximum atomic E-state index is 11.4. The molecule has 0 aromatic heterocycles. The summed E-state index contributed by atoms with van der Waals surface area (Å²) in [5.74, 6) is -0.537. The molecule has 0 radical (unpaired) electrons. The Bertz CT molecular complexity index is 283. The molecule has 0 saturated carbocycles. The molecule has 6 nitrogen and oxygen atoms in total. The highest BCUT2D eigenvalue weighted by atomic mass is 16.6. The number of esters is 1. The second-order valence-electron chi connectivity index (χ2n) is 4.68. The predicted octanol–water partition coefficient (Wildman–Crippen LogP) is 0.188. The van der Waals surface area contributed by atoms with Crippen LogP contribution in [0.3, 0.4) is 0 Å². The molecule has 1 fully saturated rings. The van der Waals surface area contributed by atoms with Gasteiger partial charge < -0.3 is 19.9 Å². The largest absolute Gasteiger partial charge is 0.458 e. The molecule has 0 aliphatic carbocycles. The minimum Gasteiger partial charge on any atom is -0.458 e. The standard InChI is InChI=1S/C10H17NO5/c1-10(2,3)16-9(14)11-7-4-6(5-12)15-8(7)13/h6-7,12H,4-5H2,1-3H3,(H,11,14)/t6-,7-/m0/s1. The molecule has 1 saturated heterocycles. The summed E-state index contributed by atoms with van der Waals surface area (Å²) in [5, 5.41) is 11.2. The van der Waals surface area contributed by atoms with E-state index in [9.17, 15) is 9.59 Å². The number of cyclic esters (lactones) is 1. The maximum Gasteiger partial charge on any atom is 0.408 e. The molecule has 1 heterocycles. The van der Waals surface area contributed by atoms with Crippen molar-refractivity contribution in [1.82, 2.24) is 5.32 Å². The Hall–Kier alpha value is -1.30. The zero-order valence-electron chi connectivity index (χ0n) is 9.65. The van der Waals surface area contributed by atoms with E-state index in [1.807, 2.05) is 0 Å². The molecule has 0 aromatic rings. The van der Waals surface area contributed by atoms with E-state index in [2.05, 4.69) is 5.32 Å². The van der Waals surface area contributed by atoms with Crippen molar-refractivity contribution in [2.24, 2.45) is 0 Å². The highest BCUT2D eigenvalue weighted by Crippen LogP contribution is 2.15. The number of aliphatic hydroxyl groups excluding tert-OH is 1. The van der Waals surface area contributed by atoms with Crippen LogP contribution in [0, 0.1) is 0 Å². The van der Waals surface area contributed by atoms with E-state index < -0.39 is 29.8 Å². The number of carbonyl (C=O) groups excluding carboxylic acids is 2. The van der Waals surface area contributed by atoms with Gasteiger partial charge in [-0.1, -0.05) is 0 Å². The Kier molecular flexibility index (Phi) is 3.74. The lowest BCUT2D eigenvalue weighted by atomic mass is 10.2. The van der Waals surface area contributed by atoms with Crippen molar-refractivity contribution in [1.29, 1.82) is 0 Å². The lowest BCUT2D eigenvalue weighted by Gasteiger charge is -2.20. The first-order chi connectivity index (χ1) is 7.31. The Balaban J connectivity index is 2.43. The predicted molar refractivity (Wildman–Crippen MR) is 54.7 cm³/mol. The summed E-state index contributed by atoms with van der Waals surface area (Å²) >= 11 is 0. The number of alkyl carbamates (subject to hydrolysis) is 1. The van der Waals surface area contributed by atoms with Crippen molar-refractivity contribution in [3.63, 3.8) is 0 Å². The van der Waals surface area contributed by atoms with Gasteiger partial charge in [0.2, 0.25) is 0 Å². The minimum absolute atomic E-state index is 0.238. The molecule has 92 valence electrons. The van der Waals surface area contributed by atoms with Gasteiger partial charge in [0.25, 0.3) is 0 Å². The monoisotopic (exact) mass is 231 g/mol. The van der Waals surface area contributed by atoms with E-state index in [0.29, 0.717) is 0 Å². The summed E-state index contributed by atoms with van der Waals surface area (Å²) in [7, 11) is 0. The number of aliphatic hydroxyl groups is 1. The number of hydrogen-bond donors (Lipinski definition) is 2. The van der Waals surface area contributed by atoms with E-state index >= 15 is 0 Å². The third-order valence-electron chi connectivity index (χ3n) is 1.96. The normalized spacial score (nSPS) is 25.1. The van der Waals surface area contributed by atoms with Gasteiger partial charge in [-0.25, -0.2) is 9.59 Å². The van der Waals surface area contributed by atoms with Gasteiger partial charge in [-0.15, -0.1) is 0 Å². The van der Waals surface area contributed by atoms with Gasteiger partial charge in [0.15, 0.2) is 0 Å².